The highest BCUT2D eigenvalue weighted by molar-refractivity contribution is 5.95. The van der Waals surface area contributed by atoms with E-state index in [-0.39, 0.29) is 12.3 Å². The van der Waals surface area contributed by atoms with Crippen molar-refractivity contribution in [3.63, 3.8) is 0 Å². The van der Waals surface area contributed by atoms with Crippen molar-refractivity contribution in [2.24, 2.45) is 5.73 Å². The minimum Gasteiger partial charge on any atom is -0.497 e. The van der Waals surface area contributed by atoms with E-state index in [1.807, 2.05) is 49.4 Å². The zero-order valence-corrected chi connectivity index (χ0v) is 14.2. The molecule has 5 heteroatoms. The summed E-state index contributed by atoms with van der Waals surface area (Å²) >= 11 is 0. The van der Waals surface area contributed by atoms with E-state index in [1.165, 1.54) is 0 Å². The van der Waals surface area contributed by atoms with Crippen LogP contribution >= 0.6 is 0 Å². The van der Waals surface area contributed by atoms with Crippen molar-refractivity contribution in [2.45, 2.75) is 19.9 Å². The van der Waals surface area contributed by atoms with Crippen LogP contribution in [0.25, 0.3) is 22.2 Å². The minimum absolute atomic E-state index is 0.208. The molecule has 0 saturated carbocycles. The van der Waals surface area contributed by atoms with E-state index in [9.17, 15) is 10.1 Å². The minimum atomic E-state index is -0.361. The summed E-state index contributed by atoms with van der Waals surface area (Å²) in [5, 5.41) is 10.6. The van der Waals surface area contributed by atoms with Gasteiger partial charge in [0.1, 0.15) is 11.8 Å². The average Bonchev–Trinajstić information content (AvgIpc) is 2.94. The number of nitrogens with two attached hydrogens (primary N) is 1. The number of ether oxygens (including phenoxy) is 1. The molecule has 0 aliphatic heterocycles. The van der Waals surface area contributed by atoms with E-state index >= 15 is 0 Å². The molecule has 2 aromatic carbocycles. The number of fused-ring (bicyclic) bond motifs is 1. The number of aryl methyl sites for hydroxylation is 1. The fraction of sp³-hybridized carbons (Fsp3) is 0.200. The number of hydrogen-bond donors (Lipinski definition) is 1. The van der Waals surface area contributed by atoms with Crippen LogP contribution in [0.1, 0.15) is 18.1 Å². The van der Waals surface area contributed by atoms with Crippen LogP contribution in [0, 0.1) is 11.3 Å². The van der Waals surface area contributed by atoms with E-state index in [1.54, 1.807) is 7.11 Å². The molecule has 0 radical (unpaired) electrons. The zero-order valence-electron chi connectivity index (χ0n) is 14.2. The first-order valence-corrected chi connectivity index (χ1v) is 8.07. The number of benzene rings is 2. The Morgan fingerprint density at radius 2 is 1.96 bits per heavy atom. The van der Waals surface area contributed by atoms with E-state index in [0.717, 1.165) is 40.0 Å². The van der Waals surface area contributed by atoms with Gasteiger partial charge in [0.25, 0.3) is 0 Å². The van der Waals surface area contributed by atoms with Crippen molar-refractivity contribution >= 4 is 16.8 Å². The maximum Gasteiger partial charge on any atom is 0.221 e. The molecule has 0 spiro atoms. The summed E-state index contributed by atoms with van der Waals surface area (Å²) < 4.78 is 7.43. The summed E-state index contributed by atoms with van der Waals surface area (Å²) in [7, 11) is 1.63. The Bertz CT molecular complexity index is 979. The van der Waals surface area contributed by atoms with Crippen molar-refractivity contribution < 1.29 is 9.53 Å². The molecule has 3 aromatic rings. The second kappa shape index (κ2) is 6.70. The van der Waals surface area contributed by atoms with Gasteiger partial charge in [0, 0.05) is 18.0 Å². The molecule has 0 saturated heterocycles. The first kappa shape index (κ1) is 16.6. The molecule has 1 aromatic heterocycles. The van der Waals surface area contributed by atoms with Crippen LogP contribution in [0.15, 0.2) is 42.5 Å². The number of nitrogens with zero attached hydrogens (tertiary/aromatic N) is 2. The highest BCUT2D eigenvalue weighted by Crippen LogP contribution is 2.35. The van der Waals surface area contributed by atoms with Crippen LogP contribution in [0.5, 0.6) is 5.75 Å². The van der Waals surface area contributed by atoms with Crippen LogP contribution in [-0.2, 0) is 17.8 Å². The summed E-state index contributed by atoms with van der Waals surface area (Å²) in [6, 6.07) is 15.7. The average molecular weight is 333 g/mol. The third-order valence-corrected chi connectivity index (χ3v) is 4.31. The number of methoxy groups -OCH3 is 1. The Morgan fingerprint density at radius 1 is 1.24 bits per heavy atom. The predicted molar refractivity (Wildman–Crippen MR) is 97.2 cm³/mol. The van der Waals surface area contributed by atoms with Gasteiger partial charge in [-0.3, -0.25) is 4.79 Å². The topological polar surface area (TPSA) is 81.0 Å². The smallest absolute Gasteiger partial charge is 0.221 e. The fourth-order valence-electron chi connectivity index (χ4n) is 3.18. The van der Waals surface area contributed by atoms with Gasteiger partial charge in [0.15, 0.2) is 0 Å². The number of rotatable bonds is 5. The van der Waals surface area contributed by atoms with Gasteiger partial charge in [0.2, 0.25) is 5.91 Å². The van der Waals surface area contributed by atoms with Gasteiger partial charge in [-0.05, 0) is 30.2 Å². The number of nitriles is 1. The van der Waals surface area contributed by atoms with Crippen LogP contribution < -0.4 is 10.5 Å². The summed E-state index contributed by atoms with van der Waals surface area (Å²) in [6.45, 7) is 2.77. The maximum absolute atomic E-state index is 11.1. The zero-order chi connectivity index (χ0) is 18.0. The van der Waals surface area contributed by atoms with E-state index in [4.69, 9.17) is 10.5 Å². The molecule has 0 aliphatic carbocycles. The molecular weight excluding hydrogens is 314 g/mol. The maximum atomic E-state index is 11.1. The lowest BCUT2D eigenvalue weighted by Gasteiger charge is -2.10. The third-order valence-electron chi connectivity index (χ3n) is 4.31. The molecule has 1 heterocycles. The van der Waals surface area contributed by atoms with Crippen molar-refractivity contribution in [1.29, 1.82) is 5.26 Å². The second-order valence-electron chi connectivity index (χ2n) is 5.80. The molecule has 0 bridgehead atoms. The lowest BCUT2D eigenvalue weighted by Crippen LogP contribution is -2.13. The van der Waals surface area contributed by atoms with Crippen LogP contribution in [-0.4, -0.2) is 17.6 Å². The second-order valence-corrected chi connectivity index (χ2v) is 5.80. The summed E-state index contributed by atoms with van der Waals surface area (Å²) in [5.41, 5.74) is 9.52. The Kier molecular flexibility index (Phi) is 4.44. The molecule has 25 heavy (non-hydrogen) atoms. The molecule has 0 fully saturated rings. The molecule has 0 atom stereocenters. The van der Waals surface area contributed by atoms with E-state index < -0.39 is 0 Å². The van der Waals surface area contributed by atoms with Gasteiger partial charge < -0.3 is 15.0 Å². The van der Waals surface area contributed by atoms with E-state index in [2.05, 4.69) is 10.6 Å². The number of primary amides is 1. The van der Waals surface area contributed by atoms with Crippen molar-refractivity contribution in [3.8, 4) is 23.1 Å². The van der Waals surface area contributed by atoms with Crippen molar-refractivity contribution in [3.05, 3.63) is 53.6 Å². The lowest BCUT2D eigenvalue weighted by atomic mass is 10.0. The summed E-state index contributed by atoms with van der Waals surface area (Å²) in [5.74, 6) is 0.396. The van der Waals surface area contributed by atoms with Gasteiger partial charge in [0.05, 0.1) is 30.3 Å². The molecule has 126 valence electrons. The Labute approximate surface area is 146 Å². The number of amides is 1. The number of carbonyl (C=O) groups is 1. The third kappa shape index (κ3) is 2.94. The highest BCUT2D eigenvalue weighted by atomic mass is 16.5. The molecule has 2 N–H and O–H groups in total. The van der Waals surface area contributed by atoms with Crippen LogP contribution in [0.2, 0.25) is 0 Å². The fourth-order valence-corrected chi connectivity index (χ4v) is 3.18. The van der Waals surface area contributed by atoms with Crippen LogP contribution in [0.3, 0.4) is 0 Å². The predicted octanol–water partition coefficient (Wildman–Crippen LogP) is 3.24. The van der Waals surface area contributed by atoms with Gasteiger partial charge in [-0.25, -0.2) is 0 Å². The first-order valence-electron chi connectivity index (χ1n) is 8.07. The standard InChI is InChI=1S/C20H19N3O2/c1-3-23-18-11-15(25-2)8-9-16(18)17(12-21)20(23)14-6-4-13(5-7-14)10-19(22)24/h4-9,11H,3,10H2,1-2H3,(H2,22,24). The molecule has 3 rings (SSSR count). The first-order chi connectivity index (χ1) is 12.1. The van der Waals surface area contributed by atoms with Gasteiger partial charge >= 0.3 is 0 Å². The summed E-state index contributed by atoms with van der Waals surface area (Å²) in [6.07, 6.45) is 0.208. The molecule has 0 unspecified atom stereocenters. The van der Waals surface area contributed by atoms with E-state index in [0.29, 0.717) is 5.56 Å². The summed E-state index contributed by atoms with van der Waals surface area (Å²) in [4.78, 5) is 11.1. The van der Waals surface area contributed by atoms with Crippen molar-refractivity contribution in [1.82, 2.24) is 4.57 Å². The SMILES string of the molecule is CCn1c(-c2ccc(CC(N)=O)cc2)c(C#N)c2ccc(OC)cc21. The number of aromatic nitrogens is 1. The Hall–Kier alpha value is -3.26. The van der Waals surface area contributed by atoms with Gasteiger partial charge in [-0.15, -0.1) is 0 Å². The normalized spacial score (nSPS) is 10.6. The molecule has 1 amide bonds. The monoisotopic (exact) mass is 333 g/mol. The molecular formula is C20H19N3O2. The Morgan fingerprint density at radius 3 is 2.52 bits per heavy atom. The van der Waals surface area contributed by atoms with Gasteiger partial charge in [-0.2, -0.15) is 5.26 Å². The number of hydrogen-bond acceptors (Lipinski definition) is 3. The van der Waals surface area contributed by atoms with Crippen LogP contribution in [0.4, 0.5) is 0 Å². The molecule has 5 nitrogen and oxygen atoms in total. The Balaban J connectivity index is 2.21. The lowest BCUT2D eigenvalue weighted by molar-refractivity contribution is -0.117. The highest BCUT2D eigenvalue weighted by Gasteiger charge is 2.18. The molecule has 0 aliphatic rings. The largest absolute Gasteiger partial charge is 0.497 e. The quantitative estimate of drug-likeness (QED) is 0.778. The van der Waals surface area contributed by atoms with Crippen molar-refractivity contribution in [2.75, 3.05) is 7.11 Å². The van der Waals surface area contributed by atoms with Gasteiger partial charge in [-0.1, -0.05) is 24.3 Å². The number of carbonyl (C=O) groups excluding carboxylic acids is 1.